The van der Waals surface area contributed by atoms with Crippen LogP contribution in [0.1, 0.15) is 40.5 Å². The molecular weight excluding hydrogens is 204 g/mol. The highest BCUT2D eigenvalue weighted by Gasteiger charge is 2.24. The first-order valence-corrected chi connectivity index (χ1v) is 6.13. The number of nitrogens with one attached hydrogen (secondary N) is 1. The standard InChI is InChI=1S/C12H24N2O2/c1-5-14(9-10-7-6-8-13-10)11(15)16-12(2,3)4/h10,13H,5-9H2,1-4H3/t10-/m1/s1. The number of ether oxygens (including phenoxy) is 1. The average Bonchev–Trinajstić information content (AvgIpc) is 2.63. The van der Waals surface area contributed by atoms with Crippen LogP contribution in [-0.2, 0) is 4.74 Å². The number of nitrogens with zero attached hydrogens (tertiary/aromatic N) is 1. The third-order valence-corrected chi connectivity index (χ3v) is 2.64. The molecule has 1 heterocycles. The van der Waals surface area contributed by atoms with Crippen LogP contribution in [0.4, 0.5) is 4.79 Å². The van der Waals surface area contributed by atoms with Crippen molar-refractivity contribution >= 4 is 6.09 Å². The lowest BCUT2D eigenvalue weighted by Crippen LogP contribution is -2.43. The number of amides is 1. The fourth-order valence-corrected chi connectivity index (χ4v) is 1.84. The van der Waals surface area contributed by atoms with Gasteiger partial charge in [-0.2, -0.15) is 0 Å². The Labute approximate surface area is 98.3 Å². The van der Waals surface area contributed by atoms with Crippen LogP contribution in [0.5, 0.6) is 0 Å². The Morgan fingerprint density at radius 1 is 1.50 bits per heavy atom. The van der Waals surface area contributed by atoms with Crippen molar-refractivity contribution in [1.29, 1.82) is 0 Å². The molecule has 4 nitrogen and oxygen atoms in total. The van der Waals surface area contributed by atoms with E-state index in [2.05, 4.69) is 5.32 Å². The number of hydrogen-bond acceptors (Lipinski definition) is 3. The lowest BCUT2D eigenvalue weighted by Gasteiger charge is -2.28. The Balaban J connectivity index is 2.43. The lowest BCUT2D eigenvalue weighted by molar-refractivity contribution is 0.0246. The van der Waals surface area contributed by atoms with Gasteiger partial charge in [0, 0.05) is 19.1 Å². The number of carbonyl (C=O) groups excluding carboxylic acids is 1. The van der Waals surface area contributed by atoms with Gasteiger partial charge in [0.25, 0.3) is 0 Å². The molecular formula is C12H24N2O2. The van der Waals surface area contributed by atoms with Crippen molar-refractivity contribution in [2.45, 2.75) is 52.2 Å². The minimum Gasteiger partial charge on any atom is -0.444 e. The number of likely N-dealkylation sites (N-methyl/N-ethyl adjacent to an activating group) is 1. The molecule has 1 fully saturated rings. The number of hydrogen-bond donors (Lipinski definition) is 1. The van der Waals surface area contributed by atoms with Crippen molar-refractivity contribution in [1.82, 2.24) is 10.2 Å². The minimum absolute atomic E-state index is 0.205. The van der Waals surface area contributed by atoms with Gasteiger partial charge in [0.05, 0.1) is 0 Å². The Bertz CT molecular complexity index is 230. The molecule has 0 radical (unpaired) electrons. The summed E-state index contributed by atoms with van der Waals surface area (Å²) in [5.41, 5.74) is -0.409. The molecule has 1 aliphatic heterocycles. The highest BCUT2D eigenvalue weighted by molar-refractivity contribution is 5.68. The first-order valence-electron chi connectivity index (χ1n) is 6.13. The van der Waals surface area contributed by atoms with E-state index in [1.807, 2.05) is 27.7 Å². The summed E-state index contributed by atoms with van der Waals surface area (Å²) >= 11 is 0. The monoisotopic (exact) mass is 228 g/mol. The van der Waals surface area contributed by atoms with E-state index >= 15 is 0 Å². The van der Waals surface area contributed by atoms with E-state index in [1.165, 1.54) is 6.42 Å². The Morgan fingerprint density at radius 2 is 2.19 bits per heavy atom. The second-order valence-corrected chi connectivity index (χ2v) is 5.31. The smallest absolute Gasteiger partial charge is 0.410 e. The molecule has 16 heavy (non-hydrogen) atoms. The SMILES string of the molecule is CCN(C[C@H]1CCCN1)C(=O)OC(C)(C)C. The lowest BCUT2D eigenvalue weighted by atomic mass is 10.2. The zero-order valence-corrected chi connectivity index (χ0v) is 10.9. The molecule has 0 aromatic heterocycles. The Morgan fingerprint density at radius 3 is 2.62 bits per heavy atom. The molecule has 0 aromatic carbocycles. The summed E-state index contributed by atoms with van der Waals surface area (Å²) in [6.07, 6.45) is 2.15. The molecule has 0 bridgehead atoms. The topological polar surface area (TPSA) is 41.6 Å². The van der Waals surface area contributed by atoms with Crippen molar-refractivity contribution in [2.75, 3.05) is 19.6 Å². The zero-order chi connectivity index (χ0) is 12.2. The van der Waals surface area contributed by atoms with Crippen molar-refractivity contribution in [3.05, 3.63) is 0 Å². The van der Waals surface area contributed by atoms with Crippen LogP contribution in [-0.4, -0.2) is 42.3 Å². The Hall–Kier alpha value is -0.770. The highest BCUT2D eigenvalue weighted by atomic mass is 16.6. The highest BCUT2D eigenvalue weighted by Crippen LogP contribution is 2.12. The maximum Gasteiger partial charge on any atom is 0.410 e. The van der Waals surface area contributed by atoms with Gasteiger partial charge in [-0.25, -0.2) is 4.79 Å². The van der Waals surface area contributed by atoms with Crippen LogP contribution in [0, 0.1) is 0 Å². The zero-order valence-electron chi connectivity index (χ0n) is 10.9. The van der Waals surface area contributed by atoms with E-state index in [4.69, 9.17) is 4.74 Å². The third kappa shape index (κ3) is 4.39. The fourth-order valence-electron chi connectivity index (χ4n) is 1.84. The van der Waals surface area contributed by atoms with E-state index in [0.29, 0.717) is 12.6 Å². The maximum absolute atomic E-state index is 11.9. The molecule has 0 aliphatic carbocycles. The summed E-state index contributed by atoms with van der Waals surface area (Å²) in [5.74, 6) is 0. The van der Waals surface area contributed by atoms with E-state index < -0.39 is 5.60 Å². The molecule has 94 valence electrons. The summed E-state index contributed by atoms with van der Waals surface area (Å²) in [4.78, 5) is 13.6. The number of carbonyl (C=O) groups is 1. The van der Waals surface area contributed by atoms with Gasteiger partial charge in [0.15, 0.2) is 0 Å². The molecule has 0 saturated carbocycles. The molecule has 0 aromatic rings. The van der Waals surface area contributed by atoms with Gasteiger partial charge in [-0.15, -0.1) is 0 Å². The second-order valence-electron chi connectivity index (χ2n) is 5.31. The van der Waals surface area contributed by atoms with Crippen LogP contribution in [0.2, 0.25) is 0 Å². The first-order chi connectivity index (χ1) is 7.42. The van der Waals surface area contributed by atoms with Gasteiger partial charge in [-0.05, 0) is 47.1 Å². The summed E-state index contributed by atoms with van der Waals surface area (Å²) in [5, 5.41) is 3.39. The van der Waals surface area contributed by atoms with Crippen molar-refractivity contribution < 1.29 is 9.53 Å². The van der Waals surface area contributed by atoms with E-state index in [1.54, 1.807) is 4.90 Å². The largest absolute Gasteiger partial charge is 0.444 e. The fraction of sp³-hybridized carbons (Fsp3) is 0.917. The van der Waals surface area contributed by atoms with Gasteiger partial charge in [-0.1, -0.05) is 0 Å². The predicted octanol–water partition coefficient (Wildman–Crippen LogP) is 2.00. The molecule has 1 amide bonds. The van der Waals surface area contributed by atoms with Gasteiger partial charge in [-0.3, -0.25) is 0 Å². The first kappa shape index (κ1) is 13.3. The van der Waals surface area contributed by atoms with Crippen LogP contribution >= 0.6 is 0 Å². The molecule has 1 atom stereocenters. The molecule has 0 spiro atoms. The van der Waals surface area contributed by atoms with E-state index in [0.717, 1.165) is 19.5 Å². The summed E-state index contributed by atoms with van der Waals surface area (Å²) < 4.78 is 5.36. The molecule has 1 N–H and O–H groups in total. The van der Waals surface area contributed by atoms with Crippen LogP contribution in [0.3, 0.4) is 0 Å². The molecule has 1 aliphatic rings. The summed E-state index contributed by atoms with van der Waals surface area (Å²) in [6, 6.07) is 0.437. The quantitative estimate of drug-likeness (QED) is 0.803. The van der Waals surface area contributed by atoms with Gasteiger partial charge >= 0.3 is 6.09 Å². The van der Waals surface area contributed by atoms with Gasteiger partial charge in [0.1, 0.15) is 5.60 Å². The van der Waals surface area contributed by atoms with Crippen molar-refractivity contribution in [3.63, 3.8) is 0 Å². The predicted molar refractivity (Wildman–Crippen MR) is 64.5 cm³/mol. The summed E-state index contributed by atoms with van der Waals surface area (Å²) in [6.45, 7) is 10.2. The molecule has 1 rings (SSSR count). The van der Waals surface area contributed by atoms with Crippen LogP contribution < -0.4 is 5.32 Å². The second kappa shape index (κ2) is 5.53. The molecule has 0 unspecified atom stereocenters. The number of rotatable bonds is 3. The summed E-state index contributed by atoms with van der Waals surface area (Å²) in [7, 11) is 0. The normalized spacial score (nSPS) is 20.9. The van der Waals surface area contributed by atoms with Crippen molar-refractivity contribution in [3.8, 4) is 0 Å². The van der Waals surface area contributed by atoms with Gasteiger partial charge < -0.3 is 15.0 Å². The van der Waals surface area contributed by atoms with Crippen LogP contribution in [0.15, 0.2) is 0 Å². The molecule has 4 heteroatoms. The van der Waals surface area contributed by atoms with Crippen LogP contribution in [0.25, 0.3) is 0 Å². The Kier molecular flexibility index (Phi) is 4.59. The average molecular weight is 228 g/mol. The maximum atomic E-state index is 11.9. The molecule has 1 saturated heterocycles. The van der Waals surface area contributed by atoms with E-state index in [9.17, 15) is 4.79 Å². The third-order valence-electron chi connectivity index (χ3n) is 2.64. The van der Waals surface area contributed by atoms with E-state index in [-0.39, 0.29) is 6.09 Å². The minimum atomic E-state index is -0.409. The van der Waals surface area contributed by atoms with Gasteiger partial charge in [0.2, 0.25) is 0 Å². The van der Waals surface area contributed by atoms with Crippen molar-refractivity contribution in [2.24, 2.45) is 0 Å².